The molecule has 0 aliphatic carbocycles. The van der Waals surface area contributed by atoms with Crippen LogP contribution in [0.2, 0.25) is 0 Å². The van der Waals surface area contributed by atoms with Crippen LogP contribution in [-0.4, -0.2) is 5.12 Å². The van der Waals surface area contributed by atoms with Gasteiger partial charge < -0.3 is 0 Å². The molecule has 0 heterocycles. The maximum absolute atomic E-state index is 10.3. The van der Waals surface area contributed by atoms with Gasteiger partial charge in [0, 0.05) is 18.7 Å². The molecule has 2 heteroatoms. The monoisotopic (exact) mass is 172 g/mol. The van der Waals surface area contributed by atoms with Crippen molar-refractivity contribution in [2.24, 2.45) is 0 Å². The topological polar surface area (TPSA) is 17.1 Å². The second kappa shape index (κ2) is 7.37. The lowest BCUT2D eigenvalue weighted by atomic mass is 10.5. The molecule has 0 atom stereocenters. The van der Waals surface area contributed by atoms with Gasteiger partial charge in [0.15, 0.2) is 5.12 Å². The van der Waals surface area contributed by atoms with E-state index in [4.69, 9.17) is 6.42 Å². The van der Waals surface area contributed by atoms with Crippen LogP contribution < -0.4 is 0 Å². The Bertz CT molecular complexity index is 379. The largest absolute Gasteiger partial charge is 0.287 e. The Kier molecular flexibility index (Phi) is 6.30. The molecular weight excluding hydrogens is 168 g/mol. The summed E-state index contributed by atoms with van der Waals surface area (Å²) in [7, 11) is 0. The molecule has 0 radical (unpaired) electrons. The van der Waals surface area contributed by atoms with Gasteiger partial charge in [0.1, 0.15) is 0 Å². The Labute approximate surface area is 76.3 Å². The molecule has 56 valence electrons. The summed E-state index contributed by atoms with van der Waals surface area (Å²) >= 11 is 0.904. The number of rotatable bonds is 0. The van der Waals surface area contributed by atoms with Gasteiger partial charge in [-0.1, -0.05) is 0 Å². The minimum Gasteiger partial charge on any atom is -0.287 e. The van der Waals surface area contributed by atoms with Crippen LogP contribution >= 0.6 is 11.8 Å². The van der Waals surface area contributed by atoms with Gasteiger partial charge in [-0.25, -0.2) is 0 Å². The molecule has 0 amide bonds. The van der Waals surface area contributed by atoms with E-state index in [1.165, 1.54) is 6.92 Å². The fourth-order valence-corrected chi connectivity index (χ4v) is 0.499. The highest BCUT2D eigenvalue weighted by Gasteiger charge is 1.83. The minimum absolute atomic E-state index is 0.0565. The van der Waals surface area contributed by atoms with Crippen LogP contribution in [0.5, 0.6) is 0 Å². The number of hydrogen-bond acceptors (Lipinski definition) is 2. The molecule has 12 heavy (non-hydrogen) atoms. The smallest absolute Gasteiger partial charge is 0.198 e. The fourth-order valence-electron chi connectivity index (χ4n) is 0.253. The molecule has 0 aliphatic rings. The van der Waals surface area contributed by atoms with Gasteiger partial charge >= 0.3 is 0 Å². The van der Waals surface area contributed by atoms with E-state index in [9.17, 15) is 4.79 Å². The van der Waals surface area contributed by atoms with Crippen LogP contribution in [0.15, 0.2) is 0 Å². The summed E-state index contributed by atoms with van der Waals surface area (Å²) < 4.78 is 0. The summed E-state index contributed by atoms with van der Waals surface area (Å²) in [6.07, 6.45) is 4.83. The van der Waals surface area contributed by atoms with Crippen LogP contribution in [0, 0.1) is 47.2 Å². The predicted octanol–water partition coefficient (Wildman–Crippen LogP) is 0.867. The van der Waals surface area contributed by atoms with Crippen molar-refractivity contribution in [1.29, 1.82) is 0 Å². The first-order chi connectivity index (χ1) is 5.77. The third-order valence-electron chi connectivity index (χ3n) is 0.568. The Morgan fingerprint density at radius 2 is 1.75 bits per heavy atom. The van der Waals surface area contributed by atoms with Gasteiger partial charge in [0.05, 0.1) is 0 Å². The van der Waals surface area contributed by atoms with Crippen LogP contribution in [0.3, 0.4) is 0 Å². The van der Waals surface area contributed by atoms with Crippen LogP contribution in [0.4, 0.5) is 0 Å². The van der Waals surface area contributed by atoms with Crippen LogP contribution in [-0.2, 0) is 4.79 Å². The molecule has 0 aromatic rings. The maximum atomic E-state index is 10.3. The lowest BCUT2D eigenvalue weighted by Gasteiger charge is -1.72. The van der Waals surface area contributed by atoms with Crippen LogP contribution in [0.1, 0.15) is 6.92 Å². The quantitative estimate of drug-likeness (QED) is 0.504. The summed E-state index contributed by atoms with van der Waals surface area (Å²) in [4.78, 5) is 10.3. The molecule has 0 N–H and O–H groups in total. The van der Waals surface area contributed by atoms with Gasteiger partial charge in [-0.15, -0.1) is 6.42 Å². The van der Waals surface area contributed by atoms with E-state index in [0.29, 0.717) is 0 Å². The van der Waals surface area contributed by atoms with E-state index in [1.807, 2.05) is 0 Å². The summed E-state index contributed by atoms with van der Waals surface area (Å²) in [5.74, 6) is 14.1. The molecule has 0 fully saturated rings. The van der Waals surface area contributed by atoms with Crippen molar-refractivity contribution in [1.82, 2.24) is 0 Å². The Balaban J connectivity index is 3.92. The van der Waals surface area contributed by atoms with Crippen molar-refractivity contribution in [2.45, 2.75) is 6.92 Å². The average molecular weight is 172 g/mol. The highest BCUT2D eigenvalue weighted by molar-refractivity contribution is 8.17. The number of carbonyl (C=O) groups excluding carboxylic acids is 1. The summed E-state index contributed by atoms with van der Waals surface area (Å²) in [5, 5.41) is 2.43. The standard InChI is InChI=1S/C10H4OS/c1-3-4-5-6-7-8-9-12-10(2)11/h1H,2H3. The Morgan fingerprint density at radius 3 is 2.33 bits per heavy atom. The zero-order valence-corrected chi connectivity index (χ0v) is 7.21. The van der Waals surface area contributed by atoms with Crippen molar-refractivity contribution in [3.05, 3.63) is 0 Å². The summed E-state index contributed by atoms with van der Waals surface area (Å²) in [6, 6.07) is 0. The molecule has 0 rings (SSSR count). The fraction of sp³-hybridized carbons (Fsp3) is 0.100. The summed E-state index contributed by atoms with van der Waals surface area (Å²) in [6.45, 7) is 1.44. The van der Waals surface area contributed by atoms with Crippen molar-refractivity contribution in [2.75, 3.05) is 0 Å². The van der Waals surface area contributed by atoms with Crippen molar-refractivity contribution in [3.63, 3.8) is 0 Å². The first kappa shape index (κ1) is 10.3. The van der Waals surface area contributed by atoms with Crippen molar-refractivity contribution >= 4 is 16.9 Å². The molecule has 0 saturated carbocycles. The predicted molar refractivity (Wildman–Crippen MR) is 50.4 cm³/mol. The SMILES string of the molecule is C#CC#CC#CC#CSC(C)=O. The second-order valence-electron chi connectivity index (χ2n) is 1.47. The van der Waals surface area contributed by atoms with Gasteiger partial charge in [-0.2, -0.15) is 0 Å². The molecule has 0 bridgehead atoms. The van der Waals surface area contributed by atoms with E-state index < -0.39 is 0 Å². The van der Waals surface area contributed by atoms with E-state index >= 15 is 0 Å². The van der Waals surface area contributed by atoms with E-state index in [0.717, 1.165) is 11.8 Å². The zero-order valence-electron chi connectivity index (χ0n) is 6.39. The zero-order chi connectivity index (χ0) is 9.23. The van der Waals surface area contributed by atoms with E-state index in [1.54, 1.807) is 0 Å². The van der Waals surface area contributed by atoms with Crippen molar-refractivity contribution < 1.29 is 4.79 Å². The highest BCUT2D eigenvalue weighted by atomic mass is 32.2. The minimum atomic E-state index is -0.0565. The average Bonchev–Trinajstić information content (AvgIpc) is 2.02. The highest BCUT2D eigenvalue weighted by Crippen LogP contribution is 1.94. The number of carbonyl (C=O) groups is 1. The normalized spacial score (nSPS) is 5.33. The lowest BCUT2D eigenvalue weighted by molar-refractivity contribution is -0.109. The van der Waals surface area contributed by atoms with Gasteiger partial charge in [-0.05, 0) is 40.8 Å². The first-order valence-corrected chi connectivity index (χ1v) is 3.72. The molecule has 0 unspecified atom stereocenters. The molecule has 1 nitrogen and oxygen atoms in total. The molecule has 0 saturated heterocycles. The lowest BCUT2D eigenvalue weighted by Crippen LogP contribution is -1.73. The van der Waals surface area contributed by atoms with Gasteiger partial charge in [0.25, 0.3) is 0 Å². The van der Waals surface area contributed by atoms with Crippen molar-refractivity contribution in [3.8, 4) is 47.2 Å². The molecule has 0 spiro atoms. The van der Waals surface area contributed by atoms with Gasteiger partial charge in [0.2, 0.25) is 0 Å². The van der Waals surface area contributed by atoms with Gasteiger partial charge in [-0.3, -0.25) is 4.79 Å². The molecular formula is C10H4OS. The number of hydrogen-bond donors (Lipinski definition) is 0. The first-order valence-electron chi connectivity index (χ1n) is 2.90. The maximum Gasteiger partial charge on any atom is 0.198 e. The number of thioether (sulfide) groups is 1. The van der Waals surface area contributed by atoms with Crippen LogP contribution in [0.25, 0.3) is 0 Å². The third-order valence-corrected chi connectivity index (χ3v) is 1.06. The number of terminal acetylenes is 1. The summed E-state index contributed by atoms with van der Waals surface area (Å²) in [5.41, 5.74) is 0. The molecule has 0 aromatic heterocycles. The third kappa shape index (κ3) is 8.26. The molecule has 0 aliphatic heterocycles. The van der Waals surface area contributed by atoms with E-state index in [-0.39, 0.29) is 5.12 Å². The molecule has 0 aromatic carbocycles. The Morgan fingerprint density at radius 1 is 1.17 bits per heavy atom. The second-order valence-corrected chi connectivity index (χ2v) is 2.45. The van der Waals surface area contributed by atoms with E-state index in [2.05, 4.69) is 40.8 Å². The Hall–Kier alpha value is -1.74.